The number of nitrogens with two attached hydrogens (primary N) is 1. The van der Waals surface area contributed by atoms with Gasteiger partial charge in [-0.3, -0.25) is 0 Å². The third kappa shape index (κ3) is 5.20. The fourth-order valence-corrected chi connectivity index (χ4v) is 1.50. The fourth-order valence-electron chi connectivity index (χ4n) is 1.50. The molecule has 0 aliphatic heterocycles. The van der Waals surface area contributed by atoms with Crippen molar-refractivity contribution in [2.24, 2.45) is 5.73 Å². The van der Waals surface area contributed by atoms with E-state index in [0.29, 0.717) is 0 Å². The van der Waals surface area contributed by atoms with E-state index < -0.39 is 42.3 Å². The minimum absolute atomic E-state index is 0. The van der Waals surface area contributed by atoms with Crippen molar-refractivity contribution in [2.75, 3.05) is 7.11 Å². The molecule has 1 rings (SSSR count). The van der Waals surface area contributed by atoms with Crippen LogP contribution in [0.1, 0.15) is 24.4 Å². The summed E-state index contributed by atoms with van der Waals surface area (Å²) in [6.07, 6.45) is -6.18. The van der Waals surface area contributed by atoms with Gasteiger partial charge in [-0.2, -0.15) is 13.2 Å². The molecule has 2 nitrogen and oxygen atoms in total. The summed E-state index contributed by atoms with van der Waals surface area (Å²) in [5, 5.41) is 0. The second-order valence-electron chi connectivity index (χ2n) is 3.77. The lowest BCUT2D eigenvalue weighted by atomic mass is 10.0. The van der Waals surface area contributed by atoms with Crippen LogP contribution in [0.2, 0.25) is 0 Å². The highest BCUT2D eigenvalue weighted by Gasteiger charge is 2.29. The van der Waals surface area contributed by atoms with Crippen LogP contribution in [0.15, 0.2) is 12.1 Å². The Kier molecular flexibility index (Phi) is 6.51. The maximum Gasteiger partial charge on any atom is 0.389 e. The Morgan fingerprint density at radius 3 is 2.05 bits per heavy atom. The van der Waals surface area contributed by atoms with Gasteiger partial charge < -0.3 is 10.5 Å². The zero-order valence-corrected chi connectivity index (χ0v) is 10.7. The van der Waals surface area contributed by atoms with Crippen LogP contribution in [0, 0.1) is 11.6 Å². The second kappa shape index (κ2) is 6.91. The smallest absolute Gasteiger partial charge is 0.389 e. The van der Waals surface area contributed by atoms with Crippen molar-refractivity contribution in [1.29, 1.82) is 0 Å². The molecule has 0 aliphatic carbocycles. The highest BCUT2D eigenvalue weighted by Crippen LogP contribution is 2.30. The van der Waals surface area contributed by atoms with Gasteiger partial charge >= 0.3 is 6.18 Å². The van der Waals surface area contributed by atoms with Crippen molar-refractivity contribution in [3.05, 3.63) is 29.3 Å². The highest BCUT2D eigenvalue weighted by molar-refractivity contribution is 5.85. The molecule has 0 saturated carbocycles. The van der Waals surface area contributed by atoms with E-state index in [1.165, 1.54) is 7.11 Å². The molecule has 19 heavy (non-hydrogen) atoms. The number of rotatable bonds is 4. The molecule has 0 radical (unpaired) electrons. The molecule has 0 heterocycles. The van der Waals surface area contributed by atoms with E-state index in [0.717, 1.165) is 12.1 Å². The number of methoxy groups -OCH3 is 1. The number of hydrogen-bond acceptors (Lipinski definition) is 2. The van der Waals surface area contributed by atoms with Crippen molar-refractivity contribution in [1.82, 2.24) is 0 Å². The summed E-state index contributed by atoms with van der Waals surface area (Å²) in [6, 6.07) is 0.412. The Morgan fingerprint density at radius 1 is 1.21 bits per heavy atom. The zero-order chi connectivity index (χ0) is 13.9. The van der Waals surface area contributed by atoms with Gasteiger partial charge in [-0.1, -0.05) is 0 Å². The molecule has 1 atom stereocenters. The third-order valence-corrected chi connectivity index (χ3v) is 2.40. The largest absolute Gasteiger partial charge is 0.497 e. The first-order valence-corrected chi connectivity index (χ1v) is 5.10. The molecule has 0 aromatic heterocycles. The predicted molar refractivity (Wildman–Crippen MR) is 62.4 cm³/mol. The van der Waals surface area contributed by atoms with Crippen LogP contribution >= 0.6 is 12.4 Å². The molecule has 110 valence electrons. The number of ether oxygens (including phenoxy) is 1. The zero-order valence-electron chi connectivity index (χ0n) is 9.93. The van der Waals surface area contributed by atoms with Crippen LogP contribution in [0.3, 0.4) is 0 Å². The minimum atomic E-state index is -4.41. The lowest BCUT2D eigenvalue weighted by Crippen LogP contribution is -2.18. The van der Waals surface area contributed by atoms with Gasteiger partial charge in [-0.25, -0.2) is 8.78 Å². The van der Waals surface area contributed by atoms with Crippen molar-refractivity contribution in [3.63, 3.8) is 0 Å². The van der Waals surface area contributed by atoms with Gasteiger partial charge in [0, 0.05) is 30.2 Å². The van der Waals surface area contributed by atoms with Gasteiger partial charge in [0.25, 0.3) is 0 Å². The summed E-state index contributed by atoms with van der Waals surface area (Å²) in [6.45, 7) is 0. The lowest BCUT2D eigenvalue weighted by Gasteiger charge is -2.15. The van der Waals surface area contributed by atoms with Crippen LogP contribution in [0.4, 0.5) is 22.0 Å². The average molecular weight is 306 g/mol. The third-order valence-electron chi connectivity index (χ3n) is 2.40. The van der Waals surface area contributed by atoms with Crippen molar-refractivity contribution < 1.29 is 26.7 Å². The first-order valence-electron chi connectivity index (χ1n) is 5.10. The molecule has 0 saturated heterocycles. The number of halogens is 6. The minimum Gasteiger partial charge on any atom is -0.497 e. The fraction of sp³-hybridized carbons (Fsp3) is 0.455. The Labute approximate surface area is 113 Å². The maximum atomic E-state index is 13.5. The average Bonchev–Trinajstić information content (AvgIpc) is 2.24. The van der Waals surface area contributed by atoms with Crippen LogP contribution in [0.5, 0.6) is 5.75 Å². The predicted octanol–water partition coefficient (Wildman–Crippen LogP) is 3.74. The molecule has 1 aromatic carbocycles. The van der Waals surface area contributed by atoms with Crippen molar-refractivity contribution in [2.45, 2.75) is 25.1 Å². The second-order valence-corrected chi connectivity index (χ2v) is 3.77. The Morgan fingerprint density at radius 2 is 1.68 bits per heavy atom. The molecule has 0 aliphatic rings. The maximum absolute atomic E-state index is 13.5. The summed E-state index contributed by atoms with van der Waals surface area (Å²) in [5.41, 5.74) is 4.82. The van der Waals surface area contributed by atoms with E-state index in [1.807, 2.05) is 0 Å². The number of alkyl halides is 3. The molecular weight excluding hydrogens is 293 g/mol. The summed E-state index contributed by atoms with van der Waals surface area (Å²) in [5.74, 6) is -2.08. The Hall–Kier alpha value is -1.08. The number of hydrogen-bond donors (Lipinski definition) is 1. The van der Waals surface area contributed by atoms with Crippen LogP contribution in [-0.4, -0.2) is 13.3 Å². The lowest BCUT2D eigenvalue weighted by molar-refractivity contribution is -0.136. The normalized spacial score (nSPS) is 12.8. The van der Waals surface area contributed by atoms with Gasteiger partial charge in [0.2, 0.25) is 0 Å². The van der Waals surface area contributed by atoms with Gasteiger partial charge in [-0.15, -0.1) is 12.4 Å². The van der Waals surface area contributed by atoms with E-state index in [-0.39, 0.29) is 18.2 Å². The first-order chi connectivity index (χ1) is 8.24. The molecular formula is C11H13ClF5NO. The quantitative estimate of drug-likeness (QED) is 0.860. The monoisotopic (exact) mass is 305 g/mol. The van der Waals surface area contributed by atoms with Gasteiger partial charge in [-0.05, 0) is 6.42 Å². The molecule has 1 aromatic rings. The molecule has 0 fully saturated rings. The molecule has 8 heteroatoms. The Bertz CT molecular complexity index is 401. The highest BCUT2D eigenvalue weighted by atomic mass is 35.5. The number of benzene rings is 1. The summed E-state index contributed by atoms with van der Waals surface area (Å²) >= 11 is 0. The van der Waals surface area contributed by atoms with E-state index in [4.69, 9.17) is 5.73 Å². The summed E-state index contributed by atoms with van der Waals surface area (Å²) in [4.78, 5) is 0. The van der Waals surface area contributed by atoms with Crippen LogP contribution < -0.4 is 10.5 Å². The summed E-state index contributed by atoms with van der Waals surface area (Å²) < 4.78 is 67.6. The van der Waals surface area contributed by atoms with Crippen molar-refractivity contribution >= 4 is 12.4 Å². The summed E-state index contributed by atoms with van der Waals surface area (Å²) in [7, 11) is 1.22. The van der Waals surface area contributed by atoms with Crippen LogP contribution in [-0.2, 0) is 0 Å². The van der Waals surface area contributed by atoms with Gasteiger partial charge in [0.05, 0.1) is 7.11 Å². The van der Waals surface area contributed by atoms with Crippen molar-refractivity contribution in [3.8, 4) is 5.75 Å². The van der Waals surface area contributed by atoms with E-state index in [2.05, 4.69) is 4.74 Å². The van der Waals surface area contributed by atoms with E-state index in [1.54, 1.807) is 0 Å². The molecule has 0 spiro atoms. The molecule has 2 N–H and O–H groups in total. The van der Waals surface area contributed by atoms with E-state index >= 15 is 0 Å². The van der Waals surface area contributed by atoms with Gasteiger partial charge in [0.1, 0.15) is 17.4 Å². The molecule has 0 bridgehead atoms. The SMILES string of the molecule is COc1cc(F)c([C@@H](N)CCC(F)(F)F)c(F)c1.Cl. The van der Waals surface area contributed by atoms with Gasteiger partial charge in [0.15, 0.2) is 0 Å². The topological polar surface area (TPSA) is 35.2 Å². The van der Waals surface area contributed by atoms with E-state index in [9.17, 15) is 22.0 Å². The first kappa shape index (κ1) is 17.9. The standard InChI is InChI=1S/C11H12F5NO.ClH/c1-18-6-4-7(12)10(8(13)5-6)9(17)2-3-11(14,15)16;/h4-5,9H,2-3,17H2,1H3;1H/t9-;/m0./s1. The van der Waals surface area contributed by atoms with Crippen LogP contribution in [0.25, 0.3) is 0 Å². The Balaban J connectivity index is 0.00000324. The molecule has 0 amide bonds. The molecule has 0 unspecified atom stereocenters.